The number of Topliss-reactive ketones (excluding diaryl/α,β-unsaturated/α-hetero) is 1. The summed E-state index contributed by atoms with van der Waals surface area (Å²) < 4.78 is 0. The van der Waals surface area contributed by atoms with Gasteiger partial charge in [0, 0.05) is 12.1 Å². The molecule has 1 fully saturated rings. The molecule has 1 saturated heterocycles. The highest BCUT2D eigenvalue weighted by Gasteiger charge is 2.45. The van der Waals surface area contributed by atoms with Crippen molar-refractivity contribution in [2.24, 2.45) is 0 Å². The van der Waals surface area contributed by atoms with E-state index in [-0.39, 0.29) is 11.3 Å². The van der Waals surface area contributed by atoms with Gasteiger partial charge < -0.3 is 10.0 Å². The van der Waals surface area contributed by atoms with E-state index < -0.39 is 17.7 Å². The number of benzene rings is 2. The smallest absolute Gasteiger partial charge is 0.295 e. The minimum absolute atomic E-state index is 0.102. The van der Waals surface area contributed by atoms with Gasteiger partial charge in [-0.05, 0) is 36.0 Å². The number of aliphatic hydroxyl groups is 1. The van der Waals surface area contributed by atoms with Crippen LogP contribution in [0.2, 0.25) is 0 Å². The Morgan fingerprint density at radius 2 is 1.45 bits per heavy atom. The van der Waals surface area contributed by atoms with Gasteiger partial charge in [0.25, 0.3) is 11.7 Å². The number of hydrogen-bond acceptors (Lipinski definition) is 3. The second kappa shape index (κ2) is 9.08. The van der Waals surface area contributed by atoms with Gasteiger partial charge in [0.15, 0.2) is 0 Å². The number of hydrogen-bond donors (Lipinski definition) is 1. The maximum atomic E-state index is 12.9. The van der Waals surface area contributed by atoms with Crippen molar-refractivity contribution in [2.75, 3.05) is 6.54 Å². The van der Waals surface area contributed by atoms with Gasteiger partial charge in [-0.2, -0.15) is 0 Å². The summed E-state index contributed by atoms with van der Waals surface area (Å²) in [5, 5.41) is 11.0. The fraction of sp³-hybridized carbons (Fsp3) is 0.360. The molecule has 1 heterocycles. The standard InChI is InChI=1S/C25H29NO3/c1-4-7-16-26-22(19-12-8-17(5-2)9-13-19)21(24(28)25(26)29)23(27)20-14-10-18(6-3)11-15-20/h8-15,22,27H,4-7,16H2,1-3H3/b23-21-. The molecular weight excluding hydrogens is 362 g/mol. The Morgan fingerprint density at radius 1 is 0.897 bits per heavy atom. The summed E-state index contributed by atoms with van der Waals surface area (Å²) in [6.07, 6.45) is 3.54. The summed E-state index contributed by atoms with van der Waals surface area (Å²) in [5.41, 5.74) is 3.93. The van der Waals surface area contributed by atoms with Crippen LogP contribution in [0.4, 0.5) is 0 Å². The molecule has 0 spiro atoms. The van der Waals surface area contributed by atoms with E-state index >= 15 is 0 Å². The van der Waals surface area contributed by atoms with Gasteiger partial charge in [-0.15, -0.1) is 0 Å². The zero-order valence-corrected chi connectivity index (χ0v) is 17.4. The molecule has 0 saturated carbocycles. The number of amides is 1. The molecule has 3 rings (SSSR count). The van der Waals surface area contributed by atoms with Crippen LogP contribution in [-0.2, 0) is 22.4 Å². The van der Waals surface area contributed by atoms with E-state index in [1.54, 1.807) is 4.90 Å². The van der Waals surface area contributed by atoms with E-state index in [2.05, 4.69) is 20.8 Å². The van der Waals surface area contributed by atoms with Crippen molar-refractivity contribution < 1.29 is 14.7 Å². The van der Waals surface area contributed by atoms with Crippen LogP contribution in [-0.4, -0.2) is 28.2 Å². The zero-order chi connectivity index (χ0) is 21.0. The first-order valence-electron chi connectivity index (χ1n) is 10.5. The number of carbonyl (C=O) groups excluding carboxylic acids is 2. The average Bonchev–Trinajstić information content (AvgIpc) is 3.02. The molecule has 29 heavy (non-hydrogen) atoms. The summed E-state index contributed by atoms with van der Waals surface area (Å²) >= 11 is 0. The summed E-state index contributed by atoms with van der Waals surface area (Å²) in [4.78, 5) is 27.3. The lowest BCUT2D eigenvalue weighted by Gasteiger charge is -2.25. The SMILES string of the molecule is CCCCN1C(=O)C(=O)/C(=C(\O)c2ccc(CC)cc2)C1c1ccc(CC)cc1. The maximum Gasteiger partial charge on any atom is 0.295 e. The second-order valence-electron chi connectivity index (χ2n) is 7.49. The first-order chi connectivity index (χ1) is 14.0. The Bertz CT molecular complexity index is 910. The predicted molar refractivity (Wildman–Crippen MR) is 116 cm³/mol. The highest BCUT2D eigenvalue weighted by molar-refractivity contribution is 6.46. The summed E-state index contributed by atoms with van der Waals surface area (Å²) in [6.45, 7) is 6.69. The molecule has 2 aromatic carbocycles. The fourth-order valence-corrected chi connectivity index (χ4v) is 3.78. The molecule has 2 aromatic rings. The second-order valence-corrected chi connectivity index (χ2v) is 7.49. The summed E-state index contributed by atoms with van der Waals surface area (Å²) in [5.74, 6) is -1.24. The first-order valence-corrected chi connectivity index (χ1v) is 10.5. The molecule has 1 aliphatic heterocycles. The molecule has 0 aliphatic carbocycles. The van der Waals surface area contributed by atoms with Crippen LogP contribution < -0.4 is 0 Å². The Labute approximate surface area is 172 Å². The molecule has 1 amide bonds. The molecule has 4 nitrogen and oxygen atoms in total. The van der Waals surface area contributed by atoms with Crippen molar-refractivity contribution in [2.45, 2.75) is 52.5 Å². The van der Waals surface area contributed by atoms with Gasteiger partial charge in [0.05, 0.1) is 11.6 Å². The van der Waals surface area contributed by atoms with Crippen molar-refractivity contribution in [3.63, 3.8) is 0 Å². The minimum atomic E-state index is -0.609. The first kappa shape index (κ1) is 20.8. The number of aryl methyl sites for hydroxylation is 2. The van der Waals surface area contributed by atoms with E-state index in [0.717, 1.165) is 36.8 Å². The number of ketones is 1. The van der Waals surface area contributed by atoms with Crippen LogP contribution in [0.1, 0.15) is 61.9 Å². The molecule has 1 unspecified atom stereocenters. The van der Waals surface area contributed by atoms with Gasteiger partial charge >= 0.3 is 0 Å². The largest absolute Gasteiger partial charge is 0.507 e. The number of likely N-dealkylation sites (tertiary alicyclic amines) is 1. The molecule has 0 aromatic heterocycles. The Kier molecular flexibility index (Phi) is 6.53. The number of rotatable bonds is 7. The van der Waals surface area contributed by atoms with Crippen molar-refractivity contribution in [3.8, 4) is 0 Å². The Hall–Kier alpha value is -2.88. The molecule has 0 radical (unpaired) electrons. The van der Waals surface area contributed by atoms with Crippen LogP contribution in [0.15, 0.2) is 54.1 Å². The van der Waals surface area contributed by atoms with E-state index in [4.69, 9.17) is 0 Å². The van der Waals surface area contributed by atoms with Crippen LogP contribution in [0.25, 0.3) is 5.76 Å². The topological polar surface area (TPSA) is 57.6 Å². The number of unbranched alkanes of at least 4 members (excludes halogenated alkanes) is 1. The third-order valence-corrected chi connectivity index (χ3v) is 5.63. The highest BCUT2D eigenvalue weighted by atomic mass is 16.3. The van der Waals surface area contributed by atoms with Crippen LogP contribution >= 0.6 is 0 Å². The van der Waals surface area contributed by atoms with Crippen molar-refractivity contribution >= 4 is 17.4 Å². The van der Waals surface area contributed by atoms with Gasteiger partial charge in [0.2, 0.25) is 0 Å². The Balaban J connectivity index is 2.11. The lowest BCUT2D eigenvalue weighted by atomic mass is 9.94. The molecule has 4 heteroatoms. The normalized spacial score (nSPS) is 18.4. The quantitative estimate of drug-likeness (QED) is 0.409. The van der Waals surface area contributed by atoms with Crippen molar-refractivity contribution in [3.05, 3.63) is 76.4 Å². The van der Waals surface area contributed by atoms with Gasteiger partial charge in [-0.1, -0.05) is 75.7 Å². The van der Waals surface area contributed by atoms with Crippen LogP contribution in [0.5, 0.6) is 0 Å². The van der Waals surface area contributed by atoms with E-state index in [1.807, 2.05) is 48.5 Å². The lowest BCUT2D eigenvalue weighted by molar-refractivity contribution is -0.139. The monoisotopic (exact) mass is 391 g/mol. The Morgan fingerprint density at radius 3 is 1.97 bits per heavy atom. The van der Waals surface area contributed by atoms with Crippen LogP contribution in [0, 0.1) is 0 Å². The minimum Gasteiger partial charge on any atom is -0.507 e. The van der Waals surface area contributed by atoms with Gasteiger partial charge in [-0.25, -0.2) is 0 Å². The number of nitrogens with zero attached hydrogens (tertiary/aromatic N) is 1. The van der Waals surface area contributed by atoms with Crippen molar-refractivity contribution in [1.29, 1.82) is 0 Å². The lowest BCUT2D eigenvalue weighted by Crippen LogP contribution is -2.30. The zero-order valence-electron chi connectivity index (χ0n) is 17.4. The third-order valence-electron chi connectivity index (χ3n) is 5.63. The molecular formula is C25H29NO3. The van der Waals surface area contributed by atoms with E-state index in [1.165, 1.54) is 5.56 Å². The van der Waals surface area contributed by atoms with Gasteiger partial charge in [0.1, 0.15) is 5.76 Å². The van der Waals surface area contributed by atoms with Gasteiger partial charge in [-0.3, -0.25) is 9.59 Å². The van der Waals surface area contributed by atoms with E-state index in [0.29, 0.717) is 12.1 Å². The van der Waals surface area contributed by atoms with E-state index in [9.17, 15) is 14.7 Å². The summed E-state index contributed by atoms with van der Waals surface area (Å²) in [6, 6.07) is 14.9. The number of aliphatic hydroxyl groups excluding tert-OH is 1. The molecule has 1 aliphatic rings. The molecule has 0 bridgehead atoms. The van der Waals surface area contributed by atoms with Crippen LogP contribution in [0.3, 0.4) is 0 Å². The van der Waals surface area contributed by atoms with Crippen molar-refractivity contribution in [1.82, 2.24) is 4.90 Å². The fourth-order valence-electron chi connectivity index (χ4n) is 3.78. The summed E-state index contributed by atoms with van der Waals surface area (Å²) in [7, 11) is 0. The number of carbonyl (C=O) groups is 2. The molecule has 1 N–H and O–H groups in total. The predicted octanol–water partition coefficient (Wildman–Crippen LogP) is 5.03. The molecule has 152 valence electrons. The third kappa shape index (κ3) is 4.12. The maximum absolute atomic E-state index is 12.9. The molecule has 1 atom stereocenters. The average molecular weight is 392 g/mol. The highest BCUT2D eigenvalue weighted by Crippen LogP contribution is 2.39.